The fourth-order valence-electron chi connectivity index (χ4n) is 3.52. The molecule has 0 bridgehead atoms. The summed E-state index contributed by atoms with van der Waals surface area (Å²) >= 11 is 0. The summed E-state index contributed by atoms with van der Waals surface area (Å²) in [4.78, 5) is 12.8. The van der Waals surface area contributed by atoms with Crippen molar-refractivity contribution in [2.45, 2.75) is 69.7 Å². The lowest BCUT2D eigenvalue weighted by atomic mass is 9.82. The van der Waals surface area contributed by atoms with Gasteiger partial charge in [-0.15, -0.1) is 0 Å². The second kappa shape index (κ2) is 4.84. The van der Waals surface area contributed by atoms with Crippen LogP contribution in [-0.2, 0) is 19.9 Å². The molecule has 1 aliphatic heterocycles. The highest BCUT2D eigenvalue weighted by Crippen LogP contribution is 2.63. The van der Waals surface area contributed by atoms with Crippen LogP contribution in [0.5, 0.6) is 0 Å². The van der Waals surface area contributed by atoms with E-state index in [9.17, 15) is 4.79 Å². The Morgan fingerprint density at radius 1 is 1.10 bits per heavy atom. The van der Waals surface area contributed by atoms with E-state index in [4.69, 9.17) is 9.47 Å². The first kappa shape index (κ1) is 14.6. The summed E-state index contributed by atoms with van der Waals surface area (Å²) in [5.74, 6) is -0.194. The Hall–Kier alpha value is -1.35. The van der Waals surface area contributed by atoms with Crippen LogP contribution in [0.2, 0.25) is 0 Å². The maximum atomic E-state index is 12.8. The van der Waals surface area contributed by atoms with Gasteiger partial charge in [-0.3, -0.25) is 0 Å². The highest BCUT2D eigenvalue weighted by atomic mass is 16.7. The minimum Gasteiger partial charge on any atom is -0.458 e. The van der Waals surface area contributed by atoms with E-state index in [0.29, 0.717) is 0 Å². The summed E-state index contributed by atoms with van der Waals surface area (Å²) in [6, 6.07) is 10.1. The van der Waals surface area contributed by atoms with E-state index >= 15 is 0 Å². The molecule has 0 amide bonds. The predicted octanol–water partition coefficient (Wildman–Crippen LogP) is 3.96. The topological polar surface area (TPSA) is 38.8 Å². The van der Waals surface area contributed by atoms with Gasteiger partial charge in [0.15, 0.2) is 5.60 Å². The Labute approximate surface area is 126 Å². The quantitative estimate of drug-likeness (QED) is 0.611. The number of esters is 1. The van der Waals surface area contributed by atoms with Crippen molar-refractivity contribution in [2.75, 3.05) is 0 Å². The summed E-state index contributed by atoms with van der Waals surface area (Å²) in [6.07, 6.45) is 4.93. The second-order valence-corrected chi connectivity index (χ2v) is 7.18. The first-order valence-electron chi connectivity index (χ1n) is 7.89. The van der Waals surface area contributed by atoms with Crippen molar-refractivity contribution in [2.24, 2.45) is 0 Å². The first-order chi connectivity index (χ1) is 9.90. The van der Waals surface area contributed by atoms with Crippen LogP contribution >= 0.6 is 0 Å². The number of benzene rings is 1. The fourth-order valence-corrected chi connectivity index (χ4v) is 3.52. The minimum absolute atomic E-state index is 0.194. The fraction of sp³-hybridized carbons (Fsp3) is 0.611. The molecule has 1 aromatic carbocycles. The van der Waals surface area contributed by atoms with Gasteiger partial charge in [0.05, 0.1) is 0 Å². The molecule has 0 radical (unpaired) electrons. The number of rotatable bonds is 2. The zero-order valence-corrected chi connectivity index (χ0v) is 13.1. The molecular formula is C18H24O3. The van der Waals surface area contributed by atoms with E-state index in [0.717, 1.165) is 37.7 Å². The van der Waals surface area contributed by atoms with Gasteiger partial charge in [0.1, 0.15) is 11.2 Å². The zero-order chi connectivity index (χ0) is 15.1. The Kier molecular flexibility index (Phi) is 3.36. The van der Waals surface area contributed by atoms with Gasteiger partial charge >= 0.3 is 5.97 Å². The highest BCUT2D eigenvalue weighted by molar-refractivity contribution is 5.86. The average molecular weight is 288 g/mol. The van der Waals surface area contributed by atoms with Gasteiger partial charge in [0.2, 0.25) is 0 Å². The summed E-state index contributed by atoms with van der Waals surface area (Å²) in [7, 11) is 0. The second-order valence-electron chi connectivity index (χ2n) is 7.18. The van der Waals surface area contributed by atoms with E-state index in [-0.39, 0.29) is 5.97 Å². The average Bonchev–Trinajstić information content (AvgIpc) is 3.09. The maximum absolute atomic E-state index is 12.8. The number of ether oxygens (including phenoxy) is 2. The largest absolute Gasteiger partial charge is 0.458 e. The molecule has 2 fully saturated rings. The lowest BCUT2D eigenvalue weighted by Crippen LogP contribution is -2.38. The molecule has 0 N–H and O–H groups in total. The summed E-state index contributed by atoms with van der Waals surface area (Å²) in [5, 5.41) is 0. The van der Waals surface area contributed by atoms with Crippen molar-refractivity contribution in [3.8, 4) is 0 Å². The van der Waals surface area contributed by atoms with Crippen molar-refractivity contribution in [1.29, 1.82) is 0 Å². The number of carbonyl (C=O) groups excluding carboxylic acids is 1. The molecular weight excluding hydrogens is 264 g/mol. The molecule has 1 aromatic rings. The molecule has 1 heterocycles. The molecule has 21 heavy (non-hydrogen) atoms. The molecule has 2 aliphatic rings. The van der Waals surface area contributed by atoms with Gasteiger partial charge in [-0.25, -0.2) is 4.79 Å². The van der Waals surface area contributed by atoms with Crippen LogP contribution in [0.25, 0.3) is 0 Å². The van der Waals surface area contributed by atoms with Gasteiger partial charge < -0.3 is 9.47 Å². The summed E-state index contributed by atoms with van der Waals surface area (Å²) in [5.41, 5.74) is -0.602. The minimum atomic E-state index is -0.766. The molecule has 1 saturated carbocycles. The highest BCUT2D eigenvalue weighted by Gasteiger charge is 2.76. The Morgan fingerprint density at radius 3 is 2.43 bits per heavy atom. The molecule has 0 aromatic heterocycles. The third-order valence-electron chi connectivity index (χ3n) is 4.49. The van der Waals surface area contributed by atoms with Gasteiger partial charge in [-0.1, -0.05) is 43.2 Å². The van der Waals surface area contributed by atoms with Crippen LogP contribution in [0, 0.1) is 0 Å². The van der Waals surface area contributed by atoms with Crippen LogP contribution < -0.4 is 0 Å². The first-order valence-corrected chi connectivity index (χ1v) is 7.89. The third-order valence-corrected chi connectivity index (χ3v) is 4.49. The summed E-state index contributed by atoms with van der Waals surface area (Å²) in [6.45, 7) is 5.72. The molecule has 114 valence electrons. The smallest absolute Gasteiger partial charge is 0.342 e. The van der Waals surface area contributed by atoms with Gasteiger partial charge in [0, 0.05) is 0 Å². The number of epoxide rings is 1. The van der Waals surface area contributed by atoms with Crippen LogP contribution in [0.15, 0.2) is 30.3 Å². The van der Waals surface area contributed by atoms with E-state index in [2.05, 4.69) is 12.1 Å². The lowest BCUT2D eigenvalue weighted by molar-refractivity contribution is -0.162. The molecule has 0 spiro atoms. The standard InChI is InChI=1S/C18H24O3/c1-16(2,3)20-15(19)18-13-9-5-8-12-17(18,21-18)14-10-6-4-7-11-14/h4,6-7,10-11H,5,8-9,12-13H2,1-3H3. The Morgan fingerprint density at radius 2 is 1.76 bits per heavy atom. The van der Waals surface area contributed by atoms with Crippen molar-refractivity contribution >= 4 is 5.97 Å². The SMILES string of the molecule is CC(C)(C)OC(=O)C12CCCCCC1(c1ccccc1)O2. The zero-order valence-electron chi connectivity index (χ0n) is 13.1. The lowest BCUT2D eigenvalue weighted by Gasteiger charge is -2.24. The van der Waals surface area contributed by atoms with Crippen molar-refractivity contribution in [3.63, 3.8) is 0 Å². The van der Waals surface area contributed by atoms with Crippen molar-refractivity contribution in [3.05, 3.63) is 35.9 Å². The monoisotopic (exact) mass is 288 g/mol. The molecule has 1 aliphatic carbocycles. The van der Waals surface area contributed by atoms with E-state index in [1.54, 1.807) is 0 Å². The number of hydrogen-bond donors (Lipinski definition) is 0. The predicted molar refractivity (Wildman–Crippen MR) is 80.9 cm³/mol. The van der Waals surface area contributed by atoms with E-state index in [1.165, 1.54) is 0 Å². The molecule has 3 rings (SSSR count). The van der Waals surface area contributed by atoms with Crippen LogP contribution in [0.4, 0.5) is 0 Å². The van der Waals surface area contributed by atoms with Gasteiger partial charge in [-0.2, -0.15) is 0 Å². The normalized spacial score (nSPS) is 32.0. The number of hydrogen-bond acceptors (Lipinski definition) is 3. The Balaban J connectivity index is 1.94. The Bertz CT molecular complexity index is 531. The molecule has 3 heteroatoms. The summed E-state index contributed by atoms with van der Waals surface area (Å²) < 4.78 is 11.8. The van der Waals surface area contributed by atoms with Crippen LogP contribution in [0.1, 0.15) is 58.4 Å². The van der Waals surface area contributed by atoms with Gasteiger partial charge in [-0.05, 0) is 45.6 Å². The number of carbonyl (C=O) groups is 1. The van der Waals surface area contributed by atoms with E-state index < -0.39 is 16.8 Å². The molecule has 1 saturated heterocycles. The van der Waals surface area contributed by atoms with Crippen LogP contribution in [-0.4, -0.2) is 17.2 Å². The molecule has 2 atom stereocenters. The molecule has 2 unspecified atom stereocenters. The third kappa shape index (κ3) is 2.38. The van der Waals surface area contributed by atoms with Crippen LogP contribution in [0.3, 0.4) is 0 Å². The molecule has 3 nitrogen and oxygen atoms in total. The number of fused-ring (bicyclic) bond motifs is 1. The van der Waals surface area contributed by atoms with Crippen molar-refractivity contribution < 1.29 is 14.3 Å². The van der Waals surface area contributed by atoms with E-state index in [1.807, 2.05) is 39.0 Å². The van der Waals surface area contributed by atoms with Crippen molar-refractivity contribution in [1.82, 2.24) is 0 Å². The van der Waals surface area contributed by atoms with Gasteiger partial charge in [0.25, 0.3) is 0 Å². The maximum Gasteiger partial charge on any atom is 0.342 e.